The molecule has 0 N–H and O–H groups in total. The SMILES string of the molecule is CCN(Cc1cccs1)C(=O)C=Cc1cc(Cl)c(OC)c(OC)c1. The number of nitrogens with zero attached hydrogens (tertiary/aromatic N) is 1. The zero-order valence-corrected chi connectivity index (χ0v) is 15.5. The number of halogens is 1. The predicted molar refractivity (Wildman–Crippen MR) is 99.0 cm³/mol. The van der Waals surface area contributed by atoms with Gasteiger partial charge in [-0.3, -0.25) is 4.79 Å². The van der Waals surface area contributed by atoms with Gasteiger partial charge >= 0.3 is 0 Å². The van der Waals surface area contributed by atoms with Crippen LogP contribution in [0.1, 0.15) is 17.4 Å². The minimum atomic E-state index is -0.0446. The number of amides is 1. The van der Waals surface area contributed by atoms with Crippen molar-refractivity contribution < 1.29 is 14.3 Å². The van der Waals surface area contributed by atoms with Crippen molar-refractivity contribution in [3.8, 4) is 11.5 Å². The van der Waals surface area contributed by atoms with Gasteiger partial charge in [-0.05, 0) is 42.1 Å². The monoisotopic (exact) mass is 365 g/mol. The molecule has 4 nitrogen and oxygen atoms in total. The number of carbonyl (C=O) groups is 1. The molecule has 0 aliphatic heterocycles. The van der Waals surface area contributed by atoms with Crippen molar-refractivity contribution in [1.82, 2.24) is 4.90 Å². The van der Waals surface area contributed by atoms with E-state index in [0.717, 1.165) is 10.4 Å². The number of likely N-dealkylation sites (N-methyl/N-ethyl adjacent to an activating group) is 1. The number of methoxy groups -OCH3 is 2. The highest BCUT2D eigenvalue weighted by molar-refractivity contribution is 7.09. The third kappa shape index (κ3) is 4.52. The van der Waals surface area contributed by atoms with Crippen LogP contribution in [0.2, 0.25) is 5.02 Å². The number of hydrogen-bond acceptors (Lipinski definition) is 4. The topological polar surface area (TPSA) is 38.8 Å². The molecule has 1 aromatic carbocycles. The van der Waals surface area contributed by atoms with E-state index in [4.69, 9.17) is 21.1 Å². The molecule has 0 radical (unpaired) electrons. The largest absolute Gasteiger partial charge is 0.493 e. The molecule has 6 heteroatoms. The second-order valence-corrected chi connectivity index (χ2v) is 6.44. The Morgan fingerprint density at radius 2 is 2.12 bits per heavy atom. The van der Waals surface area contributed by atoms with Crippen LogP contribution in [0, 0.1) is 0 Å². The summed E-state index contributed by atoms with van der Waals surface area (Å²) in [6, 6.07) is 7.53. The van der Waals surface area contributed by atoms with E-state index in [1.807, 2.05) is 24.4 Å². The van der Waals surface area contributed by atoms with Crippen molar-refractivity contribution in [2.75, 3.05) is 20.8 Å². The Bertz CT molecular complexity index is 713. The summed E-state index contributed by atoms with van der Waals surface area (Å²) >= 11 is 7.82. The molecular weight excluding hydrogens is 346 g/mol. The summed E-state index contributed by atoms with van der Waals surface area (Å²) in [7, 11) is 3.08. The van der Waals surface area contributed by atoms with Gasteiger partial charge in [0.15, 0.2) is 11.5 Å². The van der Waals surface area contributed by atoms with Gasteiger partial charge in [-0.15, -0.1) is 11.3 Å². The molecule has 0 unspecified atom stereocenters. The van der Waals surface area contributed by atoms with Gasteiger partial charge in [0.25, 0.3) is 0 Å². The third-order valence-electron chi connectivity index (χ3n) is 3.49. The van der Waals surface area contributed by atoms with E-state index in [-0.39, 0.29) is 5.91 Å². The van der Waals surface area contributed by atoms with E-state index in [1.165, 1.54) is 7.11 Å². The second-order valence-electron chi connectivity index (χ2n) is 5.00. The molecule has 0 spiro atoms. The fraction of sp³-hybridized carbons (Fsp3) is 0.278. The van der Waals surface area contributed by atoms with E-state index >= 15 is 0 Å². The van der Waals surface area contributed by atoms with Gasteiger partial charge in [0.2, 0.25) is 5.91 Å². The molecule has 0 saturated carbocycles. The van der Waals surface area contributed by atoms with E-state index in [1.54, 1.807) is 47.6 Å². The molecule has 0 atom stereocenters. The first-order chi connectivity index (χ1) is 11.6. The first-order valence-electron chi connectivity index (χ1n) is 7.50. The van der Waals surface area contributed by atoms with E-state index in [9.17, 15) is 4.79 Å². The maximum atomic E-state index is 12.4. The lowest BCUT2D eigenvalue weighted by atomic mass is 10.2. The molecule has 0 fully saturated rings. The maximum absolute atomic E-state index is 12.4. The Morgan fingerprint density at radius 1 is 1.33 bits per heavy atom. The number of thiophene rings is 1. The van der Waals surface area contributed by atoms with Crippen molar-refractivity contribution in [2.45, 2.75) is 13.5 Å². The van der Waals surface area contributed by atoms with Crippen LogP contribution in [0.3, 0.4) is 0 Å². The van der Waals surface area contributed by atoms with Crippen LogP contribution in [0.4, 0.5) is 0 Å². The zero-order valence-electron chi connectivity index (χ0n) is 13.9. The van der Waals surface area contributed by atoms with Crippen LogP contribution in [-0.4, -0.2) is 31.6 Å². The average molecular weight is 366 g/mol. The number of hydrogen-bond donors (Lipinski definition) is 0. The predicted octanol–water partition coefficient (Wildman–Crippen LogP) is 4.48. The summed E-state index contributed by atoms with van der Waals surface area (Å²) in [4.78, 5) is 15.3. The summed E-state index contributed by atoms with van der Waals surface area (Å²) in [6.45, 7) is 3.23. The Hall–Kier alpha value is -1.98. The Kier molecular flexibility index (Phi) is 6.70. The lowest BCUT2D eigenvalue weighted by molar-refractivity contribution is -0.126. The highest BCUT2D eigenvalue weighted by Crippen LogP contribution is 2.36. The van der Waals surface area contributed by atoms with E-state index in [2.05, 4.69) is 0 Å². The average Bonchev–Trinajstić information content (AvgIpc) is 3.10. The molecule has 2 rings (SSSR count). The second kappa shape index (κ2) is 8.76. The van der Waals surface area contributed by atoms with Gasteiger partial charge in [0, 0.05) is 17.5 Å². The van der Waals surface area contributed by atoms with Crippen molar-refractivity contribution in [2.24, 2.45) is 0 Å². The minimum Gasteiger partial charge on any atom is -0.493 e. The van der Waals surface area contributed by atoms with Crippen LogP contribution in [-0.2, 0) is 11.3 Å². The number of ether oxygens (including phenoxy) is 2. The summed E-state index contributed by atoms with van der Waals surface area (Å²) in [5, 5.41) is 2.45. The van der Waals surface area contributed by atoms with Gasteiger partial charge in [-0.2, -0.15) is 0 Å². The lowest BCUT2D eigenvalue weighted by Gasteiger charge is -2.18. The molecule has 1 heterocycles. The van der Waals surface area contributed by atoms with Crippen LogP contribution in [0.25, 0.3) is 6.08 Å². The lowest BCUT2D eigenvalue weighted by Crippen LogP contribution is -2.28. The van der Waals surface area contributed by atoms with Crippen molar-refractivity contribution in [1.29, 1.82) is 0 Å². The van der Waals surface area contributed by atoms with Crippen LogP contribution < -0.4 is 9.47 Å². The highest BCUT2D eigenvalue weighted by atomic mass is 35.5. The normalized spacial score (nSPS) is 10.8. The van der Waals surface area contributed by atoms with Gasteiger partial charge < -0.3 is 14.4 Å². The molecule has 0 aliphatic rings. The van der Waals surface area contributed by atoms with Crippen LogP contribution >= 0.6 is 22.9 Å². The molecule has 0 saturated heterocycles. The molecule has 2 aromatic rings. The Balaban J connectivity index is 2.14. The zero-order chi connectivity index (χ0) is 17.5. The number of benzene rings is 1. The van der Waals surface area contributed by atoms with Crippen LogP contribution in [0.15, 0.2) is 35.7 Å². The van der Waals surface area contributed by atoms with Gasteiger partial charge in [0.05, 0.1) is 25.8 Å². The summed E-state index contributed by atoms with van der Waals surface area (Å²) in [5.74, 6) is 0.968. The van der Waals surface area contributed by atoms with Crippen molar-refractivity contribution in [3.63, 3.8) is 0 Å². The van der Waals surface area contributed by atoms with Crippen LogP contribution in [0.5, 0.6) is 11.5 Å². The number of carbonyl (C=O) groups excluding carboxylic acids is 1. The fourth-order valence-corrected chi connectivity index (χ4v) is 3.26. The molecule has 0 aliphatic carbocycles. The van der Waals surface area contributed by atoms with Gasteiger partial charge in [0.1, 0.15) is 0 Å². The van der Waals surface area contributed by atoms with E-state index in [0.29, 0.717) is 29.6 Å². The Morgan fingerprint density at radius 3 is 2.71 bits per heavy atom. The van der Waals surface area contributed by atoms with Gasteiger partial charge in [-0.1, -0.05) is 17.7 Å². The van der Waals surface area contributed by atoms with Gasteiger partial charge in [-0.25, -0.2) is 0 Å². The first-order valence-corrected chi connectivity index (χ1v) is 8.75. The maximum Gasteiger partial charge on any atom is 0.246 e. The summed E-state index contributed by atoms with van der Waals surface area (Å²) in [6.07, 6.45) is 3.28. The smallest absolute Gasteiger partial charge is 0.246 e. The first kappa shape index (κ1) is 18.4. The number of rotatable bonds is 7. The molecule has 128 valence electrons. The highest BCUT2D eigenvalue weighted by Gasteiger charge is 2.12. The summed E-state index contributed by atoms with van der Waals surface area (Å²) < 4.78 is 10.5. The molecule has 1 aromatic heterocycles. The molecule has 24 heavy (non-hydrogen) atoms. The quantitative estimate of drug-likeness (QED) is 0.679. The fourth-order valence-electron chi connectivity index (χ4n) is 2.24. The standard InChI is InChI=1S/C18H20ClNO3S/c1-4-20(12-14-6-5-9-24-14)17(21)8-7-13-10-15(19)18(23-3)16(11-13)22-2/h5-11H,4,12H2,1-3H3. The third-order valence-corrected chi connectivity index (χ3v) is 4.64. The van der Waals surface area contributed by atoms with E-state index < -0.39 is 0 Å². The molecule has 0 bridgehead atoms. The molecule has 1 amide bonds. The minimum absolute atomic E-state index is 0.0446. The Labute approximate surface area is 151 Å². The van der Waals surface area contributed by atoms with Crippen molar-refractivity contribution in [3.05, 3.63) is 51.2 Å². The molecular formula is C18H20ClNO3S. The van der Waals surface area contributed by atoms with Crippen molar-refractivity contribution >= 4 is 34.9 Å². The summed E-state index contributed by atoms with van der Waals surface area (Å²) in [5.41, 5.74) is 0.776.